The summed E-state index contributed by atoms with van der Waals surface area (Å²) >= 11 is 12.8. The molecule has 0 bridgehead atoms. The number of hydrogen-bond acceptors (Lipinski definition) is 4. The molecule has 0 aromatic heterocycles. The van der Waals surface area contributed by atoms with Crippen molar-refractivity contribution < 1.29 is 17.8 Å². The molecule has 2 atom stereocenters. The van der Waals surface area contributed by atoms with E-state index in [1.165, 1.54) is 0 Å². The van der Waals surface area contributed by atoms with Gasteiger partial charge in [0, 0.05) is 25.5 Å². The fraction of sp³-hybridized carbons (Fsp3) is 0.462. The van der Waals surface area contributed by atoms with Gasteiger partial charge < -0.3 is 11.1 Å². The summed E-state index contributed by atoms with van der Waals surface area (Å²) in [7, 11) is -4.65. The third kappa shape index (κ3) is 4.24. The lowest BCUT2D eigenvalue weighted by Crippen LogP contribution is -2.49. The maximum Gasteiger partial charge on any atom is 0.296 e. The monoisotopic (exact) mass is 610 g/mol. The summed E-state index contributed by atoms with van der Waals surface area (Å²) in [6.07, 6.45) is 3.47. The standard InChI is InChI=1S/C13H14Br4N2O4S/c14-8-7(13(20)19-6-4-2-1-3-5(6)18)12(24(21,22)23)11(17)10(16)9(8)15/h5-6H,1-4,18H2,(H,19,20)(H,21,22,23)/t5-,6-/m1/s1. The van der Waals surface area contributed by atoms with Crippen LogP contribution in [-0.2, 0) is 10.1 Å². The van der Waals surface area contributed by atoms with Gasteiger partial charge in [0.05, 0.1) is 10.0 Å². The summed E-state index contributed by atoms with van der Waals surface area (Å²) in [5.41, 5.74) is 5.85. The first-order valence-electron chi connectivity index (χ1n) is 6.95. The van der Waals surface area contributed by atoms with Gasteiger partial charge in [0.1, 0.15) is 4.90 Å². The van der Waals surface area contributed by atoms with Crippen molar-refractivity contribution >= 4 is 79.7 Å². The van der Waals surface area contributed by atoms with Crippen LogP contribution in [0.2, 0.25) is 0 Å². The molecule has 1 saturated carbocycles. The first-order chi connectivity index (χ1) is 11.1. The number of carbonyl (C=O) groups excluding carboxylic acids is 1. The van der Waals surface area contributed by atoms with Gasteiger partial charge in [-0.3, -0.25) is 9.35 Å². The van der Waals surface area contributed by atoms with Gasteiger partial charge >= 0.3 is 0 Å². The summed E-state index contributed by atoms with van der Waals surface area (Å²) in [5, 5.41) is 2.79. The van der Waals surface area contributed by atoms with Crippen LogP contribution in [-0.4, -0.2) is 31.0 Å². The minimum Gasteiger partial charge on any atom is -0.348 e. The van der Waals surface area contributed by atoms with Gasteiger partial charge in [-0.25, -0.2) is 0 Å². The van der Waals surface area contributed by atoms with Gasteiger partial charge in [0.2, 0.25) is 0 Å². The lowest BCUT2D eigenvalue weighted by molar-refractivity contribution is 0.0916. The molecule has 1 aromatic carbocycles. The molecule has 4 N–H and O–H groups in total. The van der Waals surface area contributed by atoms with Gasteiger partial charge in [-0.2, -0.15) is 8.42 Å². The predicted molar refractivity (Wildman–Crippen MR) is 105 cm³/mol. The maximum atomic E-state index is 12.7. The van der Waals surface area contributed by atoms with Gasteiger partial charge in [-0.1, -0.05) is 12.8 Å². The molecule has 1 fully saturated rings. The molecule has 1 aliphatic carbocycles. The quantitative estimate of drug-likeness (QED) is 0.272. The van der Waals surface area contributed by atoms with E-state index in [1.54, 1.807) is 0 Å². The number of halogens is 4. The van der Waals surface area contributed by atoms with E-state index in [9.17, 15) is 17.8 Å². The molecule has 134 valence electrons. The van der Waals surface area contributed by atoms with Crippen molar-refractivity contribution in [3.8, 4) is 0 Å². The predicted octanol–water partition coefficient (Wildman–Crippen LogP) is 3.98. The van der Waals surface area contributed by atoms with Crippen LogP contribution in [0.3, 0.4) is 0 Å². The highest BCUT2D eigenvalue weighted by molar-refractivity contribution is 9.15. The number of rotatable bonds is 3. The lowest BCUT2D eigenvalue weighted by atomic mass is 9.91. The molecule has 0 aliphatic heterocycles. The van der Waals surface area contributed by atoms with Crippen molar-refractivity contribution in [3.05, 3.63) is 23.5 Å². The molecule has 2 rings (SSSR count). The van der Waals surface area contributed by atoms with Crippen LogP contribution < -0.4 is 11.1 Å². The second kappa shape index (κ2) is 8.01. The van der Waals surface area contributed by atoms with Gasteiger partial charge in [-0.15, -0.1) is 0 Å². The zero-order valence-electron chi connectivity index (χ0n) is 12.2. The molecule has 24 heavy (non-hydrogen) atoms. The number of hydrogen-bond donors (Lipinski definition) is 3. The molecule has 0 saturated heterocycles. The number of carbonyl (C=O) groups is 1. The largest absolute Gasteiger partial charge is 0.348 e. The average molecular weight is 614 g/mol. The zero-order chi connectivity index (χ0) is 18.2. The highest BCUT2D eigenvalue weighted by atomic mass is 79.9. The second-order valence-corrected chi connectivity index (χ2v) is 9.99. The normalized spacial score (nSPS) is 21.6. The fourth-order valence-electron chi connectivity index (χ4n) is 2.64. The summed E-state index contributed by atoms with van der Waals surface area (Å²) in [5.74, 6) is -0.620. The number of benzene rings is 1. The van der Waals surface area contributed by atoms with E-state index < -0.39 is 20.9 Å². The Balaban J connectivity index is 2.54. The number of nitrogens with two attached hydrogens (primary N) is 1. The summed E-state index contributed by atoms with van der Waals surface area (Å²) < 4.78 is 34.3. The van der Waals surface area contributed by atoms with Gasteiger partial charge in [0.25, 0.3) is 16.0 Å². The highest BCUT2D eigenvalue weighted by Gasteiger charge is 2.32. The third-order valence-electron chi connectivity index (χ3n) is 3.84. The molecular formula is C13H14Br4N2O4S. The summed E-state index contributed by atoms with van der Waals surface area (Å²) in [6.45, 7) is 0. The van der Waals surface area contributed by atoms with Crippen molar-refractivity contribution in [3.63, 3.8) is 0 Å². The van der Waals surface area contributed by atoms with E-state index >= 15 is 0 Å². The summed E-state index contributed by atoms with van der Waals surface area (Å²) in [6, 6.07) is -0.424. The Morgan fingerprint density at radius 2 is 1.58 bits per heavy atom. The topological polar surface area (TPSA) is 109 Å². The van der Waals surface area contributed by atoms with Crippen molar-refractivity contribution in [1.29, 1.82) is 0 Å². The summed E-state index contributed by atoms with van der Waals surface area (Å²) in [4.78, 5) is 12.2. The smallest absolute Gasteiger partial charge is 0.296 e. The minimum atomic E-state index is -4.65. The molecule has 1 aliphatic rings. The minimum absolute atomic E-state index is 0.0539. The Labute approximate surface area is 173 Å². The molecule has 0 unspecified atom stereocenters. The van der Waals surface area contributed by atoms with Crippen LogP contribution in [0.4, 0.5) is 0 Å². The SMILES string of the molecule is N[C@@H]1CCCC[C@H]1NC(=O)c1c(Br)c(Br)c(Br)c(Br)c1S(=O)(=O)O. The van der Waals surface area contributed by atoms with Crippen LogP contribution in [0.15, 0.2) is 22.8 Å². The maximum absolute atomic E-state index is 12.7. The van der Waals surface area contributed by atoms with Gasteiger partial charge in [0.15, 0.2) is 0 Å². The van der Waals surface area contributed by atoms with Crippen molar-refractivity contribution in [2.24, 2.45) is 5.73 Å². The second-order valence-electron chi connectivity index (χ2n) is 5.46. The molecule has 0 radical (unpaired) electrons. The first kappa shape index (κ1) is 20.8. The number of amides is 1. The molecule has 1 aromatic rings. The Morgan fingerprint density at radius 1 is 1.04 bits per heavy atom. The first-order valence-corrected chi connectivity index (χ1v) is 11.6. The van der Waals surface area contributed by atoms with Crippen LogP contribution in [0.1, 0.15) is 36.0 Å². The number of nitrogens with one attached hydrogen (secondary N) is 1. The van der Waals surface area contributed by atoms with Crippen LogP contribution in [0.5, 0.6) is 0 Å². The van der Waals surface area contributed by atoms with E-state index in [2.05, 4.69) is 69.0 Å². The van der Waals surface area contributed by atoms with Crippen LogP contribution >= 0.6 is 63.7 Å². The molecule has 0 heterocycles. The van der Waals surface area contributed by atoms with Crippen LogP contribution in [0.25, 0.3) is 0 Å². The van der Waals surface area contributed by atoms with Crippen molar-refractivity contribution in [1.82, 2.24) is 5.32 Å². The molecule has 11 heteroatoms. The zero-order valence-corrected chi connectivity index (χ0v) is 19.3. The van der Waals surface area contributed by atoms with Gasteiger partial charge in [-0.05, 0) is 76.6 Å². The Morgan fingerprint density at radius 3 is 2.12 bits per heavy atom. The third-order valence-corrected chi connectivity index (χ3v) is 9.80. The van der Waals surface area contributed by atoms with Crippen LogP contribution in [0, 0.1) is 0 Å². The van der Waals surface area contributed by atoms with E-state index in [-0.39, 0.29) is 26.6 Å². The fourth-order valence-corrected chi connectivity index (χ4v) is 6.59. The Hall–Kier alpha value is 0.480. The highest BCUT2D eigenvalue weighted by Crippen LogP contribution is 2.44. The van der Waals surface area contributed by atoms with E-state index in [0.29, 0.717) is 8.95 Å². The lowest BCUT2D eigenvalue weighted by Gasteiger charge is -2.29. The Kier molecular flexibility index (Phi) is 6.94. The van der Waals surface area contributed by atoms with E-state index in [0.717, 1.165) is 25.7 Å². The molecule has 6 nitrogen and oxygen atoms in total. The Bertz CT molecular complexity index is 785. The molecule has 0 spiro atoms. The molecular weight excluding hydrogens is 600 g/mol. The average Bonchev–Trinajstić information content (AvgIpc) is 2.49. The molecule has 1 amide bonds. The van der Waals surface area contributed by atoms with Crippen molar-refractivity contribution in [2.75, 3.05) is 0 Å². The van der Waals surface area contributed by atoms with E-state index in [4.69, 9.17) is 5.73 Å². The van der Waals surface area contributed by atoms with Crippen molar-refractivity contribution in [2.45, 2.75) is 42.7 Å². The van der Waals surface area contributed by atoms with E-state index in [1.807, 2.05) is 0 Å².